The maximum Gasteiger partial charge on any atom is 0.161 e. The average molecular weight is 317 g/mol. The molecule has 2 rings (SSSR count). The minimum atomic E-state index is 0. The zero-order chi connectivity index (χ0) is 14.2. The Morgan fingerprint density at radius 3 is 2.52 bits per heavy atom. The molecule has 1 N–H and O–H groups in total. The van der Waals surface area contributed by atoms with Gasteiger partial charge in [-0.05, 0) is 17.7 Å². The first-order valence-electron chi connectivity index (χ1n) is 7.05. The van der Waals surface area contributed by atoms with Gasteiger partial charge in [-0.25, -0.2) is 0 Å². The molecule has 1 fully saturated rings. The Hall–Kier alpha value is -1.01. The number of nitrogens with zero attached hydrogens (tertiary/aromatic N) is 1. The summed E-state index contributed by atoms with van der Waals surface area (Å²) in [6.07, 6.45) is 0. The Morgan fingerprint density at radius 1 is 1.14 bits per heavy atom. The number of halogens is 1. The molecule has 1 saturated heterocycles. The lowest BCUT2D eigenvalue weighted by molar-refractivity contribution is 0.0384. The molecule has 1 aromatic rings. The number of nitrogens with one attached hydrogen (secondary N) is 1. The number of rotatable bonds is 7. The van der Waals surface area contributed by atoms with Gasteiger partial charge in [0.2, 0.25) is 0 Å². The third-order valence-electron chi connectivity index (χ3n) is 3.49. The number of methoxy groups -OCH3 is 2. The molecule has 21 heavy (non-hydrogen) atoms. The fourth-order valence-electron chi connectivity index (χ4n) is 2.29. The number of ether oxygens (including phenoxy) is 3. The van der Waals surface area contributed by atoms with Crippen molar-refractivity contribution in [2.75, 3.05) is 53.6 Å². The molecule has 0 spiro atoms. The smallest absolute Gasteiger partial charge is 0.161 e. The van der Waals surface area contributed by atoms with Crippen molar-refractivity contribution in [3.8, 4) is 11.5 Å². The van der Waals surface area contributed by atoms with Gasteiger partial charge in [0.05, 0.1) is 27.4 Å². The molecule has 0 radical (unpaired) electrons. The van der Waals surface area contributed by atoms with Gasteiger partial charge in [0.25, 0.3) is 0 Å². The van der Waals surface area contributed by atoms with E-state index in [0.717, 1.165) is 57.4 Å². The largest absolute Gasteiger partial charge is 0.493 e. The van der Waals surface area contributed by atoms with Gasteiger partial charge >= 0.3 is 0 Å². The molecule has 0 aliphatic carbocycles. The predicted molar refractivity (Wildman–Crippen MR) is 85.8 cm³/mol. The lowest BCUT2D eigenvalue weighted by Gasteiger charge is -2.26. The summed E-state index contributed by atoms with van der Waals surface area (Å²) >= 11 is 0. The van der Waals surface area contributed by atoms with Crippen molar-refractivity contribution in [1.29, 1.82) is 0 Å². The van der Waals surface area contributed by atoms with Crippen molar-refractivity contribution in [2.45, 2.75) is 6.54 Å². The van der Waals surface area contributed by atoms with Crippen LogP contribution in [0.25, 0.3) is 0 Å². The first-order chi connectivity index (χ1) is 9.83. The molecule has 1 aliphatic heterocycles. The standard InChI is InChI=1S/C15H24N2O3.ClH/c1-18-14-4-3-13(11-15(14)19-2)12-16-5-6-17-7-9-20-10-8-17;/h3-4,11,16H,5-10,12H2,1-2H3;1H. The summed E-state index contributed by atoms with van der Waals surface area (Å²) in [6.45, 7) is 6.68. The van der Waals surface area contributed by atoms with Crippen LogP contribution in [0.15, 0.2) is 18.2 Å². The second kappa shape index (κ2) is 9.84. The van der Waals surface area contributed by atoms with E-state index in [9.17, 15) is 0 Å². The zero-order valence-electron chi connectivity index (χ0n) is 12.8. The van der Waals surface area contributed by atoms with Crippen LogP contribution in [-0.2, 0) is 11.3 Å². The van der Waals surface area contributed by atoms with E-state index < -0.39 is 0 Å². The van der Waals surface area contributed by atoms with E-state index >= 15 is 0 Å². The second-order valence-electron chi connectivity index (χ2n) is 4.82. The maximum absolute atomic E-state index is 5.33. The van der Waals surface area contributed by atoms with Gasteiger partial charge in [-0.1, -0.05) is 6.07 Å². The minimum Gasteiger partial charge on any atom is -0.493 e. The van der Waals surface area contributed by atoms with Crippen LogP contribution < -0.4 is 14.8 Å². The number of hydrogen-bond acceptors (Lipinski definition) is 5. The van der Waals surface area contributed by atoms with Crippen molar-refractivity contribution >= 4 is 12.4 Å². The van der Waals surface area contributed by atoms with E-state index in [4.69, 9.17) is 14.2 Å². The summed E-state index contributed by atoms with van der Waals surface area (Å²) in [7, 11) is 3.31. The van der Waals surface area contributed by atoms with Crippen molar-refractivity contribution in [1.82, 2.24) is 10.2 Å². The Balaban J connectivity index is 0.00000220. The van der Waals surface area contributed by atoms with Crippen LogP contribution in [0.5, 0.6) is 11.5 Å². The van der Waals surface area contributed by atoms with Crippen LogP contribution in [0, 0.1) is 0 Å². The Labute approximate surface area is 133 Å². The molecule has 0 bridgehead atoms. The first kappa shape index (κ1) is 18.0. The van der Waals surface area contributed by atoms with Crippen LogP contribution in [0.4, 0.5) is 0 Å². The highest BCUT2D eigenvalue weighted by atomic mass is 35.5. The van der Waals surface area contributed by atoms with Gasteiger partial charge in [0.1, 0.15) is 0 Å². The van der Waals surface area contributed by atoms with E-state index in [1.165, 1.54) is 5.56 Å². The van der Waals surface area contributed by atoms with Gasteiger partial charge in [0, 0.05) is 32.7 Å². The Kier molecular flexibility index (Phi) is 8.45. The van der Waals surface area contributed by atoms with Crippen LogP contribution in [0.3, 0.4) is 0 Å². The molecule has 1 aliphatic rings. The molecular formula is C15H25ClN2O3. The molecule has 0 atom stereocenters. The van der Waals surface area contributed by atoms with E-state index in [1.807, 2.05) is 12.1 Å². The summed E-state index contributed by atoms with van der Waals surface area (Å²) < 4.78 is 15.9. The van der Waals surface area contributed by atoms with Crippen LogP contribution in [0.2, 0.25) is 0 Å². The molecule has 1 heterocycles. The van der Waals surface area contributed by atoms with Crippen molar-refractivity contribution in [2.24, 2.45) is 0 Å². The molecule has 1 aromatic carbocycles. The lowest BCUT2D eigenvalue weighted by Crippen LogP contribution is -2.40. The Morgan fingerprint density at radius 2 is 1.86 bits per heavy atom. The molecule has 120 valence electrons. The molecule has 5 nitrogen and oxygen atoms in total. The predicted octanol–water partition coefficient (Wildman–Crippen LogP) is 1.55. The second-order valence-corrected chi connectivity index (χ2v) is 4.82. The molecule has 0 amide bonds. The van der Waals surface area contributed by atoms with E-state index in [-0.39, 0.29) is 12.4 Å². The lowest BCUT2D eigenvalue weighted by atomic mass is 10.2. The van der Waals surface area contributed by atoms with Gasteiger partial charge in [0.15, 0.2) is 11.5 Å². The quantitative estimate of drug-likeness (QED) is 0.773. The average Bonchev–Trinajstić information content (AvgIpc) is 2.52. The van der Waals surface area contributed by atoms with Crippen molar-refractivity contribution < 1.29 is 14.2 Å². The Bertz CT molecular complexity index is 412. The molecule has 6 heteroatoms. The number of hydrogen-bond donors (Lipinski definition) is 1. The van der Waals surface area contributed by atoms with Gasteiger partial charge < -0.3 is 19.5 Å². The highest BCUT2D eigenvalue weighted by Gasteiger charge is 2.09. The molecule has 0 saturated carbocycles. The fourth-order valence-corrected chi connectivity index (χ4v) is 2.29. The highest BCUT2D eigenvalue weighted by molar-refractivity contribution is 5.85. The topological polar surface area (TPSA) is 43.0 Å². The van der Waals surface area contributed by atoms with E-state index in [1.54, 1.807) is 14.2 Å². The van der Waals surface area contributed by atoms with Crippen LogP contribution in [0.1, 0.15) is 5.56 Å². The molecular weight excluding hydrogens is 292 g/mol. The third-order valence-corrected chi connectivity index (χ3v) is 3.49. The van der Waals surface area contributed by atoms with E-state index in [2.05, 4.69) is 16.3 Å². The van der Waals surface area contributed by atoms with Crippen LogP contribution >= 0.6 is 12.4 Å². The monoisotopic (exact) mass is 316 g/mol. The van der Waals surface area contributed by atoms with E-state index in [0.29, 0.717) is 0 Å². The zero-order valence-corrected chi connectivity index (χ0v) is 13.6. The van der Waals surface area contributed by atoms with Crippen molar-refractivity contribution in [3.05, 3.63) is 23.8 Å². The third kappa shape index (κ3) is 5.71. The summed E-state index contributed by atoms with van der Waals surface area (Å²) in [4.78, 5) is 2.42. The normalized spacial score (nSPS) is 15.3. The van der Waals surface area contributed by atoms with Gasteiger partial charge in [-0.2, -0.15) is 0 Å². The SMILES string of the molecule is COc1ccc(CNCCN2CCOCC2)cc1OC.Cl. The first-order valence-corrected chi connectivity index (χ1v) is 7.05. The van der Waals surface area contributed by atoms with Crippen molar-refractivity contribution in [3.63, 3.8) is 0 Å². The van der Waals surface area contributed by atoms with Gasteiger partial charge in [-0.15, -0.1) is 12.4 Å². The summed E-state index contributed by atoms with van der Waals surface area (Å²) in [5.41, 5.74) is 1.20. The fraction of sp³-hybridized carbons (Fsp3) is 0.600. The maximum atomic E-state index is 5.33. The number of morpholine rings is 1. The van der Waals surface area contributed by atoms with Gasteiger partial charge in [-0.3, -0.25) is 4.90 Å². The highest BCUT2D eigenvalue weighted by Crippen LogP contribution is 2.27. The minimum absolute atomic E-state index is 0. The summed E-state index contributed by atoms with van der Waals surface area (Å²) in [5, 5.41) is 3.46. The molecule has 0 aromatic heterocycles. The van der Waals surface area contributed by atoms with Crippen LogP contribution in [-0.4, -0.2) is 58.5 Å². The molecule has 0 unspecified atom stereocenters. The number of benzene rings is 1. The summed E-state index contributed by atoms with van der Waals surface area (Å²) in [6, 6.07) is 6.02. The summed E-state index contributed by atoms with van der Waals surface area (Å²) in [5.74, 6) is 1.55.